The van der Waals surface area contributed by atoms with Gasteiger partial charge in [-0.2, -0.15) is 0 Å². The van der Waals surface area contributed by atoms with Crippen LogP contribution in [-0.2, 0) is 0 Å². The predicted molar refractivity (Wildman–Crippen MR) is 43.4 cm³/mol. The molecule has 1 heterocycles. The van der Waals surface area contributed by atoms with Crippen molar-refractivity contribution < 1.29 is 9.52 Å². The van der Waals surface area contributed by atoms with Crippen LogP contribution in [0.15, 0.2) is 10.8 Å². The Morgan fingerprint density at radius 2 is 2.36 bits per heavy atom. The molecule has 1 aliphatic rings. The lowest BCUT2D eigenvalue weighted by Crippen LogP contribution is -2.29. The summed E-state index contributed by atoms with van der Waals surface area (Å²) in [6, 6.07) is 0. The molecule has 0 bridgehead atoms. The first-order valence-electron chi connectivity index (χ1n) is 3.29. The molecule has 0 spiro atoms. The smallest absolute Gasteiger partial charge is 0.192 e. The number of rotatable bonds is 0. The van der Waals surface area contributed by atoms with Crippen LogP contribution < -0.4 is 10.8 Å². The third kappa shape index (κ3) is 0.976. The minimum absolute atomic E-state index is 0.292. The highest BCUT2D eigenvalue weighted by Gasteiger charge is 2.10. The van der Waals surface area contributed by atoms with Gasteiger partial charge in [-0.05, 0) is 6.42 Å². The fourth-order valence-electron chi connectivity index (χ4n) is 1.10. The van der Waals surface area contributed by atoms with E-state index in [2.05, 4.69) is 20.9 Å². The lowest BCUT2D eigenvalue weighted by Gasteiger charge is -2.01. The van der Waals surface area contributed by atoms with E-state index in [9.17, 15) is 5.11 Å². The van der Waals surface area contributed by atoms with Gasteiger partial charge in [0.25, 0.3) is 0 Å². The maximum absolute atomic E-state index is 9.32. The van der Waals surface area contributed by atoms with Gasteiger partial charge in [-0.3, -0.25) is 0 Å². The number of hydrogen-bond donors (Lipinski definition) is 1. The van der Waals surface area contributed by atoms with E-state index in [4.69, 9.17) is 4.42 Å². The van der Waals surface area contributed by atoms with E-state index in [1.807, 2.05) is 0 Å². The lowest BCUT2D eigenvalue weighted by atomic mass is 10.2. The number of fused-ring (bicyclic) bond motifs is 1. The van der Waals surface area contributed by atoms with Gasteiger partial charge >= 0.3 is 0 Å². The predicted octanol–water partition coefficient (Wildman–Crippen LogP) is 0.638. The van der Waals surface area contributed by atoms with Crippen LogP contribution in [0.5, 0.6) is 0 Å². The van der Waals surface area contributed by atoms with Gasteiger partial charge in [0.05, 0.1) is 0 Å². The Kier molecular flexibility index (Phi) is 1.49. The lowest BCUT2D eigenvalue weighted by molar-refractivity contribution is 0.434. The Hall–Kier alpha value is -0.770. The molecule has 3 nitrogen and oxygen atoms in total. The minimum Gasteiger partial charge on any atom is -0.508 e. The molecule has 11 heavy (non-hydrogen) atoms. The van der Waals surface area contributed by atoms with Gasteiger partial charge in [-0.15, -0.1) is 0 Å². The average molecular weight is 216 g/mol. The summed E-state index contributed by atoms with van der Waals surface area (Å²) in [5, 5.41) is 10.0. The summed E-state index contributed by atoms with van der Waals surface area (Å²) in [7, 11) is 0. The molecule has 2 rings (SSSR count). The maximum Gasteiger partial charge on any atom is 0.192 e. The van der Waals surface area contributed by atoms with Gasteiger partial charge in [-0.25, -0.2) is 4.98 Å². The molecule has 0 unspecified atom stereocenters. The molecule has 0 fully saturated rings. The molecule has 1 aromatic heterocycles. The van der Waals surface area contributed by atoms with E-state index >= 15 is 0 Å². The zero-order valence-corrected chi connectivity index (χ0v) is 7.26. The van der Waals surface area contributed by atoms with E-state index in [0.717, 1.165) is 16.3 Å². The Morgan fingerprint density at radius 3 is 3.09 bits per heavy atom. The third-order valence-corrected chi connectivity index (χ3v) is 2.44. The monoisotopic (exact) mass is 215 g/mol. The molecule has 0 aliphatic heterocycles. The molecule has 0 atom stereocenters. The molecule has 0 saturated carbocycles. The van der Waals surface area contributed by atoms with Gasteiger partial charge in [0.1, 0.15) is 11.1 Å². The summed E-state index contributed by atoms with van der Waals surface area (Å²) in [6.07, 6.45) is 2.77. The van der Waals surface area contributed by atoms with Crippen LogP contribution in [0.2, 0.25) is 0 Å². The number of aliphatic hydroxyl groups excluding tert-OH is 1. The summed E-state index contributed by atoms with van der Waals surface area (Å²) in [4.78, 5) is 3.96. The number of hydrogen-bond acceptors (Lipinski definition) is 3. The van der Waals surface area contributed by atoms with Crippen molar-refractivity contribution in [3.63, 3.8) is 0 Å². The van der Waals surface area contributed by atoms with Gasteiger partial charge in [0, 0.05) is 10.9 Å². The van der Waals surface area contributed by atoms with Crippen LogP contribution in [0.1, 0.15) is 12.8 Å². The van der Waals surface area contributed by atoms with Crippen LogP contribution in [0, 0.1) is 0 Å². The van der Waals surface area contributed by atoms with Crippen LogP contribution in [-0.4, -0.2) is 10.1 Å². The molecule has 1 N–H and O–H groups in total. The normalized spacial score (nSPS) is 16.8. The third-order valence-electron chi connectivity index (χ3n) is 1.67. The second kappa shape index (κ2) is 2.37. The van der Waals surface area contributed by atoms with Crippen molar-refractivity contribution in [1.29, 1.82) is 0 Å². The zero-order valence-electron chi connectivity index (χ0n) is 5.67. The molecular formula is C7H6BrNO2. The highest BCUT2D eigenvalue weighted by atomic mass is 79.9. The summed E-state index contributed by atoms with van der Waals surface area (Å²) < 4.78 is 5.99. The molecule has 0 saturated heterocycles. The Morgan fingerprint density at radius 1 is 1.55 bits per heavy atom. The van der Waals surface area contributed by atoms with Crippen molar-refractivity contribution in [1.82, 2.24) is 4.98 Å². The van der Waals surface area contributed by atoms with Gasteiger partial charge in [0.15, 0.2) is 11.8 Å². The second-order valence-electron chi connectivity index (χ2n) is 2.38. The number of aliphatic hydroxyl groups is 1. The van der Waals surface area contributed by atoms with Gasteiger partial charge < -0.3 is 9.52 Å². The summed E-state index contributed by atoms with van der Waals surface area (Å²) >= 11 is 3.36. The fourth-order valence-corrected chi connectivity index (χ4v) is 1.58. The Balaban J connectivity index is 2.95. The first-order chi connectivity index (χ1) is 5.29. The average Bonchev–Trinajstić information content (AvgIpc) is 2.45. The van der Waals surface area contributed by atoms with E-state index in [1.165, 1.54) is 6.39 Å². The first kappa shape index (κ1) is 6.91. The molecule has 0 amide bonds. The molecule has 58 valence electrons. The maximum atomic E-state index is 9.32. The van der Waals surface area contributed by atoms with E-state index in [-0.39, 0.29) is 0 Å². The van der Waals surface area contributed by atoms with Crippen LogP contribution >= 0.6 is 15.9 Å². The summed E-state index contributed by atoms with van der Waals surface area (Å²) in [5.41, 5.74) is 0.503. The summed E-state index contributed by atoms with van der Waals surface area (Å²) in [5.74, 6) is 0.292. The Bertz CT molecular complexity index is 356. The van der Waals surface area contributed by atoms with E-state index < -0.39 is 0 Å². The van der Waals surface area contributed by atoms with Crippen LogP contribution in [0.3, 0.4) is 0 Å². The van der Waals surface area contributed by atoms with Crippen molar-refractivity contribution in [3.8, 4) is 0 Å². The van der Waals surface area contributed by atoms with Crippen molar-refractivity contribution in [2.45, 2.75) is 12.8 Å². The highest BCUT2D eigenvalue weighted by Crippen LogP contribution is 2.16. The van der Waals surface area contributed by atoms with Crippen molar-refractivity contribution in [2.24, 2.45) is 0 Å². The number of nitrogens with zero attached hydrogens (tertiary/aromatic N) is 1. The van der Waals surface area contributed by atoms with E-state index in [1.54, 1.807) is 0 Å². The number of halogens is 1. The molecular weight excluding hydrogens is 210 g/mol. The molecule has 1 aliphatic carbocycles. The fraction of sp³-hybridized carbons (Fsp3) is 0.286. The first-order valence-corrected chi connectivity index (χ1v) is 4.08. The van der Waals surface area contributed by atoms with Crippen molar-refractivity contribution in [3.05, 3.63) is 17.2 Å². The molecule has 4 heteroatoms. The molecule has 0 radical (unpaired) electrons. The standard InChI is InChI=1S/C7H6BrNO2/c8-4-1-2-5(10)7-6(4)9-3-11-7/h3,10H,1-2H2. The van der Waals surface area contributed by atoms with E-state index in [0.29, 0.717) is 17.6 Å². The second-order valence-corrected chi connectivity index (χ2v) is 3.34. The topological polar surface area (TPSA) is 46.3 Å². The minimum atomic E-state index is 0.292. The number of oxazole rings is 1. The molecule has 1 aromatic rings. The largest absolute Gasteiger partial charge is 0.508 e. The zero-order chi connectivity index (χ0) is 7.84. The summed E-state index contributed by atoms with van der Waals surface area (Å²) in [6.45, 7) is 0. The Labute approximate surface area is 71.2 Å². The van der Waals surface area contributed by atoms with Crippen molar-refractivity contribution >= 4 is 26.2 Å². The van der Waals surface area contributed by atoms with Crippen LogP contribution in [0.25, 0.3) is 10.2 Å². The quantitative estimate of drug-likeness (QED) is 0.692. The van der Waals surface area contributed by atoms with Gasteiger partial charge in [0.2, 0.25) is 0 Å². The van der Waals surface area contributed by atoms with Crippen molar-refractivity contribution in [2.75, 3.05) is 0 Å². The SMILES string of the molecule is OC1=c2ocnc2=C(Br)CC1. The van der Waals surface area contributed by atoms with Crippen LogP contribution in [0.4, 0.5) is 0 Å². The highest BCUT2D eigenvalue weighted by molar-refractivity contribution is 9.14. The van der Waals surface area contributed by atoms with Gasteiger partial charge in [-0.1, -0.05) is 15.9 Å². The number of aromatic nitrogens is 1. The molecule has 0 aromatic carbocycles.